The highest BCUT2D eigenvalue weighted by molar-refractivity contribution is 5.76. The fraction of sp³-hybridized carbons (Fsp3) is 0.562. The second-order valence-corrected chi connectivity index (χ2v) is 5.60. The summed E-state index contributed by atoms with van der Waals surface area (Å²) in [4.78, 5) is 4.85. The van der Waals surface area contributed by atoms with Gasteiger partial charge in [-0.15, -0.1) is 0 Å². The summed E-state index contributed by atoms with van der Waals surface area (Å²) in [7, 11) is 0. The molecule has 1 unspecified atom stereocenters. The minimum absolute atomic E-state index is 0.386. The number of hydrogen-bond donors (Lipinski definition) is 1. The summed E-state index contributed by atoms with van der Waals surface area (Å²) >= 11 is 0. The van der Waals surface area contributed by atoms with Gasteiger partial charge in [-0.2, -0.15) is 0 Å². The predicted molar refractivity (Wildman–Crippen MR) is 81.1 cm³/mol. The van der Waals surface area contributed by atoms with Crippen LogP contribution in [0.3, 0.4) is 0 Å². The monoisotopic (exact) mass is 273 g/mol. The van der Waals surface area contributed by atoms with Gasteiger partial charge in [-0.05, 0) is 31.0 Å². The second-order valence-electron chi connectivity index (χ2n) is 5.60. The van der Waals surface area contributed by atoms with E-state index >= 15 is 0 Å². The first-order chi connectivity index (χ1) is 9.78. The van der Waals surface area contributed by atoms with Gasteiger partial charge in [0.25, 0.3) is 0 Å². The molecular formula is C16H23N3O. The summed E-state index contributed by atoms with van der Waals surface area (Å²) in [6.07, 6.45) is 2.06. The maximum absolute atomic E-state index is 5.55. The maximum Gasteiger partial charge on any atom is 0.111 e. The molecule has 4 nitrogen and oxygen atoms in total. The maximum atomic E-state index is 5.55. The fourth-order valence-electron chi connectivity index (χ4n) is 2.89. The number of rotatable bonds is 4. The Morgan fingerprint density at radius 2 is 2.35 bits per heavy atom. The van der Waals surface area contributed by atoms with Gasteiger partial charge in [-0.1, -0.05) is 13.0 Å². The van der Waals surface area contributed by atoms with Crippen molar-refractivity contribution < 1.29 is 4.74 Å². The Balaban J connectivity index is 1.93. The van der Waals surface area contributed by atoms with E-state index in [2.05, 4.69) is 41.9 Å². The lowest BCUT2D eigenvalue weighted by Gasteiger charge is -2.23. The van der Waals surface area contributed by atoms with Gasteiger partial charge < -0.3 is 14.6 Å². The van der Waals surface area contributed by atoms with Gasteiger partial charge in [0.15, 0.2) is 0 Å². The van der Waals surface area contributed by atoms with Crippen LogP contribution in [0.2, 0.25) is 0 Å². The van der Waals surface area contributed by atoms with Crippen molar-refractivity contribution in [2.45, 2.75) is 39.3 Å². The molecule has 3 rings (SSSR count). The number of hydrogen-bond acceptors (Lipinski definition) is 3. The van der Waals surface area contributed by atoms with Crippen LogP contribution in [0.25, 0.3) is 11.0 Å². The van der Waals surface area contributed by atoms with Crippen molar-refractivity contribution in [2.75, 3.05) is 19.8 Å². The number of fused-ring (bicyclic) bond motifs is 1. The van der Waals surface area contributed by atoms with E-state index in [1.54, 1.807) is 0 Å². The Hall–Kier alpha value is -1.39. The average molecular weight is 273 g/mol. The topological polar surface area (TPSA) is 39.1 Å². The summed E-state index contributed by atoms with van der Waals surface area (Å²) in [5.74, 6) is 1.18. The fourth-order valence-corrected chi connectivity index (χ4v) is 2.89. The van der Waals surface area contributed by atoms with E-state index in [1.807, 2.05) is 0 Å². The summed E-state index contributed by atoms with van der Waals surface area (Å²) in [6, 6.07) is 6.93. The Morgan fingerprint density at radius 3 is 3.10 bits per heavy atom. The van der Waals surface area contributed by atoms with Crippen molar-refractivity contribution in [3.8, 4) is 0 Å². The number of benzene rings is 1. The number of aryl methyl sites for hydroxylation is 2. The lowest BCUT2D eigenvalue weighted by Crippen LogP contribution is -2.43. The average Bonchev–Trinajstić information content (AvgIpc) is 2.77. The molecule has 20 heavy (non-hydrogen) atoms. The molecule has 1 aromatic heterocycles. The molecule has 1 aliphatic rings. The summed E-state index contributed by atoms with van der Waals surface area (Å²) in [5, 5.41) is 3.51. The predicted octanol–water partition coefficient (Wildman–Crippen LogP) is 2.29. The van der Waals surface area contributed by atoms with Gasteiger partial charge in [0.05, 0.1) is 24.2 Å². The van der Waals surface area contributed by atoms with Gasteiger partial charge in [0, 0.05) is 25.6 Å². The Labute approximate surface area is 120 Å². The van der Waals surface area contributed by atoms with E-state index in [0.717, 1.165) is 44.7 Å². The highest BCUT2D eigenvalue weighted by Gasteiger charge is 2.18. The minimum Gasteiger partial charge on any atom is -0.379 e. The van der Waals surface area contributed by atoms with Crippen LogP contribution in [0.4, 0.5) is 0 Å². The van der Waals surface area contributed by atoms with Gasteiger partial charge in [-0.25, -0.2) is 4.98 Å². The lowest BCUT2D eigenvalue weighted by molar-refractivity contribution is 0.0761. The van der Waals surface area contributed by atoms with E-state index < -0.39 is 0 Å². The molecule has 1 N–H and O–H groups in total. The summed E-state index contributed by atoms with van der Waals surface area (Å²) in [5.41, 5.74) is 3.64. The van der Waals surface area contributed by atoms with Gasteiger partial charge in [-0.3, -0.25) is 0 Å². The van der Waals surface area contributed by atoms with E-state index in [1.165, 1.54) is 16.9 Å². The number of imidazole rings is 1. The van der Waals surface area contributed by atoms with Crippen LogP contribution >= 0.6 is 0 Å². The SMILES string of the molecule is CCCn1c(CC2COCCN2)nc2cc(C)ccc21. The molecule has 0 spiro atoms. The van der Waals surface area contributed by atoms with Crippen molar-refractivity contribution in [3.05, 3.63) is 29.6 Å². The molecule has 1 atom stereocenters. The van der Waals surface area contributed by atoms with E-state index in [0.29, 0.717) is 6.04 Å². The highest BCUT2D eigenvalue weighted by Crippen LogP contribution is 2.19. The Morgan fingerprint density at radius 1 is 1.45 bits per heavy atom. The molecule has 1 fully saturated rings. The van der Waals surface area contributed by atoms with E-state index in [9.17, 15) is 0 Å². The van der Waals surface area contributed by atoms with Gasteiger partial charge in [0.1, 0.15) is 5.82 Å². The van der Waals surface area contributed by atoms with Crippen molar-refractivity contribution in [2.24, 2.45) is 0 Å². The van der Waals surface area contributed by atoms with Crippen LogP contribution in [0, 0.1) is 6.92 Å². The standard InChI is InChI=1S/C16H23N3O/c1-3-7-19-15-5-4-12(2)9-14(15)18-16(19)10-13-11-20-8-6-17-13/h4-5,9,13,17H,3,6-8,10-11H2,1-2H3. The van der Waals surface area contributed by atoms with Crippen LogP contribution in [0.1, 0.15) is 24.7 Å². The minimum atomic E-state index is 0.386. The highest BCUT2D eigenvalue weighted by atomic mass is 16.5. The van der Waals surface area contributed by atoms with Crippen LogP contribution < -0.4 is 5.32 Å². The lowest BCUT2D eigenvalue weighted by atomic mass is 10.2. The number of morpholine rings is 1. The molecule has 0 amide bonds. The third kappa shape index (κ3) is 2.72. The number of nitrogens with zero attached hydrogens (tertiary/aromatic N) is 2. The first kappa shape index (κ1) is 13.6. The third-order valence-electron chi connectivity index (χ3n) is 3.86. The van der Waals surface area contributed by atoms with Crippen LogP contribution in [-0.4, -0.2) is 35.4 Å². The smallest absolute Gasteiger partial charge is 0.111 e. The number of aromatic nitrogens is 2. The third-order valence-corrected chi connectivity index (χ3v) is 3.86. The molecule has 1 saturated heterocycles. The molecule has 0 radical (unpaired) electrons. The summed E-state index contributed by atoms with van der Waals surface area (Å²) < 4.78 is 7.91. The first-order valence-electron chi connectivity index (χ1n) is 7.55. The van der Waals surface area contributed by atoms with Crippen molar-refractivity contribution in [1.29, 1.82) is 0 Å². The Bertz CT molecular complexity index is 585. The molecule has 2 aromatic rings. The first-order valence-corrected chi connectivity index (χ1v) is 7.55. The van der Waals surface area contributed by atoms with E-state index in [-0.39, 0.29) is 0 Å². The molecule has 4 heteroatoms. The van der Waals surface area contributed by atoms with Crippen molar-refractivity contribution >= 4 is 11.0 Å². The molecule has 108 valence electrons. The molecule has 0 saturated carbocycles. The quantitative estimate of drug-likeness (QED) is 0.929. The largest absolute Gasteiger partial charge is 0.379 e. The molecule has 1 aromatic carbocycles. The normalized spacial score (nSPS) is 19.6. The van der Waals surface area contributed by atoms with Crippen molar-refractivity contribution in [1.82, 2.24) is 14.9 Å². The molecule has 2 heterocycles. The molecule has 1 aliphatic heterocycles. The second kappa shape index (κ2) is 5.94. The van der Waals surface area contributed by atoms with E-state index in [4.69, 9.17) is 9.72 Å². The van der Waals surface area contributed by atoms with Crippen LogP contribution in [0.15, 0.2) is 18.2 Å². The Kier molecular flexibility index (Phi) is 4.03. The zero-order chi connectivity index (χ0) is 13.9. The zero-order valence-corrected chi connectivity index (χ0v) is 12.4. The van der Waals surface area contributed by atoms with Crippen LogP contribution in [0.5, 0.6) is 0 Å². The molecule has 0 bridgehead atoms. The number of nitrogens with one attached hydrogen (secondary N) is 1. The van der Waals surface area contributed by atoms with Gasteiger partial charge >= 0.3 is 0 Å². The zero-order valence-electron chi connectivity index (χ0n) is 12.4. The number of ether oxygens (including phenoxy) is 1. The molecule has 0 aliphatic carbocycles. The van der Waals surface area contributed by atoms with Crippen LogP contribution in [-0.2, 0) is 17.7 Å². The van der Waals surface area contributed by atoms with Gasteiger partial charge in [0.2, 0.25) is 0 Å². The molecular weight excluding hydrogens is 250 g/mol. The summed E-state index contributed by atoms with van der Waals surface area (Å²) in [6.45, 7) is 7.91. The van der Waals surface area contributed by atoms with Crippen molar-refractivity contribution in [3.63, 3.8) is 0 Å².